The van der Waals surface area contributed by atoms with Gasteiger partial charge in [-0.25, -0.2) is 8.42 Å². The van der Waals surface area contributed by atoms with Gasteiger partial charge in [-0.15, -0.1) is 0 Å². The van der Waals surface area contributed by atoms with Crippen molar-refractivity contribution >= 4 is 21.7 Å². The van der Waals surface area contributed by atoms with Crippen molar-refractivity contribution in [3.8, 4) is 5.75 Å². The molecule has 4 nitrogen and oxygen atoms in total. The standard InChI is InChI=1S/C17H16O4S/c1-21-16-11-8-14(9-12-16)7-10-15(18)13-22(19,20)17-5-3-2-4-6-17/h2-12H,13H2,1H3. The molecule has 2 aromatic rings. The van der Waals surface area contributed by atoms with Crippen LogP contribution in [-0.2, 0) is 14.6 Å². The van der Waals surface area contributed by atoms with E-state index in [2.05, 4.69) is 0 Å². The molecule has 0 radical (unpaired) electrons. The molecule has 0 saturated carbocycles. The molecule has 0 heterocycles. The number of methoxy groups -OCH3 is 1. The lowest BCUT2D eigenvalue weighted by molar-refractivity contribution is -0.112. The minimum absolute atomic E-state index is 0.154. The van der Waals surface area contributed by atoms with Crippen LogP contribution >= 0.6 is 0 Å². The van der Waals surface area contributed by atoms with Gasteiger partial charge in [0, 0.05) is 0 Å². The Morgan fingerprint density at radius 2 is 1.68 bits per heavy atom. The Hall–Kier alpha value is -2.40. The van der Waals surface area contributed by atoms with Crippen molar-refractivity contribution in [2.24, 2.45) is 0 Å². The van der Waals surface area contributed by atoms with E-state index in [4.69, 9.17) is 4.74 Å². The first kappa shape index (κ1) is 16.0. The zero-order valence-electron chi connectivity index (χ0n) is 12.1. The Morgan fingerprint density at radius 3 is 2.27 bits per heavy atom. The zero-order chi connectivity index (χ0) is 16.0. The summed E-state index contributed by atoms with van der Waals surface area (Å²) in [7, 11) is -2.02. The van der Waals surface area contributed by atoms with E-state index in [-0.39, 0.29) is 4.90 Å². The number of rotatable bonds is 6. The van der Waals surface area contributed by atoms with Crippen molar-refractivity contribution < 1.29 is 17.9 Å². The van der Waals surface area contributed by atoms with Crippen LogP contribution in [0.4, 0.5) is 0 Å². The average molecular weight is 316 g/mol. The Bertz CT molecular complexity index is 760. The number of allylic oxidation sites excluding steroid dienone is 1. The lowest BCUT2D eigenvalue weighted by Gasteiger charge is -2.01. The fourth-order valence-electron chi connectivity index (χ4n) is 1.85. The Labute approximate surface area is 130 Å². The quantitative estimate of drug-likeness (QED) is 0.769. The molecule has 0 amide bonds. The van der Waals surface area contributed by atoms with E-state index in [0.29, 0.717) is 0 Å². The lowest BCUT2D eigenvalue weighted by atomic mass is 10.2. The molecule has 0 saturated heterocycles. The number of sulfone groups is 1. The second kappa shape index (κ2) is 7.04. The summed E-state index contributed by atoms with van der Waals surface area (Å²) < 4.78 is 29.2. The van der Waals surface area contributed by atoms with E-state index in [0.717, 1.165) is 11.3 Å². The SMILES string of the molecule is COc1ccc(C=CC(=O)CS(=O)(=O)c2ccccc2)cc1. The molecule has 0 aliphatic heterocycles. The maximum atomic E-state index is 12.1. The molecule has 0 aromatic heterocycles. The van der Waals surface area contributed by atoms with Crippen molar-refractivity contribution in [3.05, 3.63) is 66.2 Å². The molecule has 2 rings (SSSR count). The molecule has 0 spiro atoms. The first-order valence-electron chi connectivity index (χ1n) is 6.64. The Morgan fingerprint density at radius 1 is 1.05 bits per heavy atom. The highest BCUT2D eigenvalue weighted by molar-refractivity contribution is 7.92. The fourth-order valence-corrected chi connectivity index (χ4v) is 3.06. The summed E-state index contributed by atoms with van der Waals surface area (Å²) in [6.45, 7) is 0. The fraction of sp³-hybridized carbons (Fsp3) is 0.118. The molecule has 2 aromatic carbocycles. The Kier molecular flexibility index (Phi) is 5.12. The maximum Gasteiger partial charge on any atom is 0.185 e. The van der Waals surface area contributed by atoms with Crippen molar-refractivity contribution in [1.29, 1.82) is 0 Å². The van der Waals surface area contributed by atoms with Crippen molar-refractivity contribution in [2.75, 3.05) is 12.9 Å². The van der Waals surface area contributed by atoms with E-state index in [1.54, 1.807) is 55.7 Å². The van der Waals surface area contributed by atoms with Gasteiger partial charge in [0.15, 0.2) is 15.6 Å². The van der Waals surface area contributed by atoms with Crippen LogP contribution in [-0.4, -0.2) is 27.1 Å². The summed E-state index contributed by atoms with van der Waals surface area (Å²) in [6.07, 6.45) is 2.87. The molecule has 0 N–H and O–H groups in total. The second-order valence-corrected chi connectivity index (χ2v) is 6.63. The zero-order valence-corrected chi connectivity index (χ0v) is 12.9. The van der Waals surface area contributed by atoms with Gasteiger partial charge < -0.3 is 4.74 Å². The molecule has 0 aliphatic carbocycles. The van der Waals surface area contributed by atoms with E-state index in [9.17, 15) is 13.2 Å². The van der Waals surface area contributed by atoms with Crippen molar-refractivity contribution in [2.45, 2.75) is 4.90 Å². The molecule has 5 heteroatoms. The number of carbonyl (C=O) groups excluding carboxylic acids is 1. The largest absolute Gasteiger partial charge is 0.497 e. The van der Waals surface area contributed by atoms with Crippen molar-refractivity contribution in [1.82, 2.24) is 0 Å². The van der Waals surface area contributed by atoms with Crippen LogP contribution in [0.2, 0.25) is 0 Å². The monoisotopic (exact) mass is 316 g/mol. The van der Waals surface area contributed by atoms with Gasteiger partial charge in [0.1, 0.15) is 11.5 Å². The number of benzene rings is 2. The smallest absolute Gasteiger partial charge is 0.185 e. The van der Waals surface area contributed by atoms with E-state index in [1.165, 1.54) is 18.2 Å². The summed E-state index contributed by atoms with van der Waals surface area (Å²) in [6, 6.07) is 15.1. The van der Waals surface area contributed by atoms with Gasteiger partial charge in [0.2, 0.25) is 0 Å². The molecule has 0 atom stereocenters. The lowest BCUT2D eigenvalue weighted by Crippen LogP contribution is -2.14. The molecular weight excluding hydrogens is 300 g/mol. The normalized spacial score (nSPS) is 11.5. The summed E-state index contributed by atoms with van der Waals surface area (Å²) in [4.78, 5) is 12.0. The molecule has 22 heavy (non-hydrogen) atoms. The maximum absolute atomic E-state index is 12.1. The number of ether oxygens (including phenoxy) is 1. The number of ketones is 1. The number of hydrogen-bond acceptors (Lipinski definition) is 4. The Balaban J connectivity index is 2.04. The second-order valence-electron chi connectivity index (χ2n) is 4.64. The highest BCUT2D eigenvalue weighted by Crippen LogP contribution is 2.13. The number of carbonyl (C=O) groups is 1. The summed E-state index contributed by atoms with van der Waals surface area (Å²) in [5.41, 5.74) is 0.797. The van der Waals surface area contributed by atoms with E-state index >= 15 is 0 Å². The van der Waals surface area contributed by atoms with Gasteiger partial charge in [-0.1, -0.05) is 36.4 Å². The van der Waals surface area contributed by atoms with E-state index < -0.39 is 21.4 Å². The van der Waals surface area contributed by atoms with Crippen molar-refractivity contribution in [3.63, 3.8) is 0 Å². The number of hydrogen-bond donors (Lipinski definition) is 0. The molecule has 114 valence electrons. The third kappa shape index (κ3) is 4.30. The molecule has 0 unspecified atom stereocenters. The molecular formula is C17H16O4S. The van der Waals surface area contributed by atoms with Gasteiger partial charge in [-0.05, 0) is 35.9 Å². The highest BCUT2D eigenvalue weighted by atomic mass is 32.2. The minimum Gasteiger partial charge on any atom is -0.497 e. The van der Waals surface area contributed by atoms with Gasteiger partial charge in [0.25, 0.3) is 0 Å². The summed E-state index contributed by atoms with van der Waals surface area (Å²) >= 11 is 0. The summed E-state index contributed by atoms with van der Waals surface area (Å²) in [5, 5.41) is 0. The first-order valence-corrected chi connectivity index (χ1v) is 8.29. The third-order valence-electron chi connectivity index (χ3n) is 3.01. The predicted octanol–water partition coefficient (Wildman–Crippen LogP) is 2.75. The van der Waals surface area contributed by atoms with Crippen LogP contribution in [0.1, 0.15) is 5.56 Å². The van der Waals surface area contributed by atoms with Gasteiger partial charge in [-0.2, -0.15) is 0 Å². The van der Waals surface area contributed by atoms with Gasteiger partial charge >= 0.3 is 0 Å². The topological polar surface area (TPSA) is 60.4 Å². The van der Waals surface area contributed by atoms with Crippen LogP contribution in [0, 0.1) is 0 Å². The highest BCUT2D eigenvalue weighted by Gasteiger charge is 2.17. The van der Waals surface area contributed by atoms with Crippen LogP contribution in [0.5, 0.6) is 5.75 Å². The first-order chi connectivity index (χ1) is 10.5. The minimum atomic E-state index is -3.60. The van der Waals surface area contributed by atoms with Crippen LogP contribution in [0.3, 0.4) is 0 Å². The van der Waals surface area contributed by atoms with Gasteiger partial charge in [-0.3, -0.25) is 4.79 Å². The average Bonchev–Trinajstić information content (AvgIpc) is 2.54. The molecule has 0 aliphatic rings. The van der Waals surface area contributed by atoms with Crippen LogP contribution in [0.15, 0.2) is 65.6 Å². The van der Waals surface area contributed by atoms with Gasteiger partial charge in [0.05, 0.1) is 12.0 Å². The van der Waals surface area contributed by atoms with Crippen LogP contribution in [0.25, 0.3) is 6.08 Å². The summed E-state index contributed by atoms with van der Waals surface area (Å²) in [5.74, 6) is -0.279. The molecule has 0 bridgehead atoms. The third-order valence-corrected chi connectivity index (χ3v) is 4.67. The van der Waals surface area contributed by atoms with Crippen LogP contribution < -0.4 is 4.74 Å². The van der Waals surface area contributed by atoms with E-state index in [1.807, 2.05) is 0 Å². The predicted molar refractivity (Wildman–Crippen MR) is 85.5 cm³/mol. The molecule has 0 fully saturated rings.